The zero-order valence-electron chi connectivity index (χ0n) is 4.31. The van der Waals surface area contributed by atoms with Gasteiger partial charge >= 0.3 is 19.5 Å². The second-order valence-electron chi connectivity index (χ2n) is 0.523. The van der Waals surface area contributed by atoms with E-state index in [1.165, 1.54) is 0 Å². The Balaban J connectivity index is -0.0000000800. The van der Waals surface area contributed by atoms with Crippen LogP contribution in [-0.4, -0.2) is 5.97 Å². The molecule has 0 aliphatic rings. The molecule has 7 heavy (non-hydrogen) atoms. The van der Waals surface area contributed by atoms with Crippen molar-refractivity contribution in [1.82, 2.24) is 0 Å². The first kappa shape index (κ1) is 15.8. The summed E-state index contributed by atoms with van der Waals surface area (Å²) in [4.78, 5) is 9.14. The van der Waals surface area contributed by atoms with Gasteiger partial charge in [0, 0.05) is 0 Å². The molecule has 0 aliphatic heterocycles. The number of aliphatic carboxylic acids is 1. The van der Waals surface area contributed by atoms with Crippen molar-refractivity contribution in [2.75, 3.05) is 0 Å². The van der Waals surface area contributed by atoms with Crippen molar-refractivity contribution in [3.05, 3.63) is 20.1 Å². The maximum atomic E-state index is 9.14. The summed E-state index contributed by atoms with van der Waals surface area (Å²) in [5.41, 5.74) is 0. The minimum absolute atomic E-state index is 0. The topological polar surface area (TPSA) is 40.1 Å². The van der Waals surface area contributed by atoms with Gasteiger partial charge in [0.2, 0.25) is 0 Å². The third-order valence-electron chi connectivity index (χ3n) is 0.167. The van der Waals surface area contributed by atoms with Crippen LogP contribution >= 0.6 is 0 Å². The first-order valence-electron chi connectivity index (χ1n) is 1.11. The molecular formula is C4H6O2Zn. The molecule has 36 valence electrons. The number of carboxylic acids is 1. The normalized spacial score (nSPS) is 4.57. The third-order valence-corrected chi connectivity index (χ3v) is 0.167. The summed E-state index contributed by atoms with van der Waals surface area (Å²) in [7, 11) is 0. The average molecular weight is 151 g/mol. The van der Waals surface area contributed by atoms with Crippen LogP contribution in [0, 0.1) is 7.43 Å². The first-order chi connectivity index (χ1) is 2.27. The van der Waals surface area contributed by atoms with E-state index in [0.717, 1.165) is 6.08 Å². The number of carbonyl (C=O) groups is 1. The van der Waals surface area contributed by atoms with Gasteiger partial charge in [0.15, 0.2) is 0 Å². The van der Waals surface area contributed by atoms with Gasteiger partial charge in [-0.25, -0.2) is 0 Å². The van der Waals surface area contributed by atoms with Gasteiger partial charge < -0.3 is 17.3 Å². The summed E-state index contributed by atoms with van der Waals surface area (Å²) in [5.74, 6) is -1.23. The van der Waals surface area contributed by atoms with Crippen LogP contribution in [0.2, 0.25) is 0 Å². The Bertz CT molecular complexity index is 60.7. The van der Waals surface area contributed by atoms with E-state index in [1.807, 2.05) is 0 Å². The van der Waals surface area contributed by atoms with E-state index in [2.05, 4.69) is 6.58 Å². The Morgan fingerprint density at radius 2 is 1.86 bits per heavy atom. The minimum Gasteiger partial charge on any atom is -0.545 e. The largest absolute Gasteiger partial charge is 2.00 e. The van der Waals surface area contributed by atoms with Crippen molar-refractivity contribution in [2.24, 2.45) is 0 Å². The van der Waals surface area contributed by atoms with Gasteiger partial charge in [-0.3, -0.25) is 0 Å². The van der Waals surface area contributed by atoms with Crippen molar-refractivity contribution in [3.8, 4) is 0 Å². The van der Waals surface area contributed by atoms with Gasteiger partial charge in [-0.1, -0.05) is 6.58 Å². The molecule has 0 aromatic heterocycles. The van der Waals surface area contributed by atoms with Gasteiger partial charge in [0.1, 0.15) is 0 Å². The summed E-state index contributed by atoms with van der Waals surface area (Å²) >= 11 is 0. The Labute approximate surface area is 56.0 Å². The summed E-state index contributed by atoms with van der Waals surface area (Å²) in [5, 5.41) is 9.14. The Morgan fingerprint density at radius 1 is 1.71 bits per heavy atom. The predicted molar refractivity (Wildman–Crippen MR) is 21.6 cm³/mol. The molecule has 0 aliphatic carbocycles. The van der Waals surface area contributed by atoms with Crippen molar-refractivity contribution >= 4 is 5.97 Å². The van der Waals surface area contributed by atoms with Gasteiger partial charge in [-0.2, -0.15) is 0 Å². The molecule has 0 atom stereocenters. The number of carboxylic acid groups (broad SMARTS) is 1. The number of carbonyl (C=O) groups excluding carboxylic acids is 1. The standard InChI is InChI=1S/C3H4O2.CH3.Zn/c1-2-3(4)5;;/h2H,1H2,(H,4,5);1H3;/q;-1;+2/p-1. The molecular weight excluding hydrogens is 145 g/mol. The Morgan fingerprint density at radius 3 is 1.86 bits per heavy atom. The van der Waals surface area contributed by atoms with Crippen LogP contribution in [0.5, 0.6) is 0 Å². The van der Waals surface area contributed by atoms with Crippen molar-refractivity contribution in [2.45, 2.75) is 0 Å². The molecule has 0 saturated carbocycles. The van der Waals surface area contributed by atoms with Crippen LogP contribution < -0.4 is 5.11 Å². The van der Waals surface area contributed by atoms with E-state index in [0.29, 0.717) is 0 Å². The fourth-order valence-corrected chi connectivity index (χ4v) is 0. The predicted octanol–water partition coefficient (Wildman–Crippen LogP) is -0.630. The number of hydrogen-bond donors (Lipinski definition) is 0. The monoisotopic (exact) mass is 150 g/mol. The SMILES string of the molecule is C=CC(=O)[O-].[CH3-].[Zn+2]. The average Bonchev–Trinajstić information content (AvgIpc) is 1.38. The van der Waals surface area contributed by atoms with Gasteiger partial charge in [-0.15, -0.1) is 0 Å². The number of hydrogen-bond acceptors (Lipinski definition) is 2. The van der Waals surface area contributed by atoms with Crippen LogP contribution in [0.25, 0.3) is 0 Å². The third kappa shape index (κ3) is 25.5. The molecule has 0 aromatic rings. The van der Waals surface area contributed by atoms with Gasteiger partial charge in [-0.05, 0) is 6.08 Å². The van der Waals surface area contributed by atoms with Crippen molar-refractivity contribution in [1.29, 1.82) is 0 Å². The molecule has 0 rings (SSSR count). The Kier molecular flexibility index (Phi) is 21.0. The molecule has 0 radical (unpaired) electrons. The fraction of sp³-hybridized carbons (Fsp3) is 0. The Hall–Kier alpha value is -0.167. The molecule has 0 bridgehead atoms. The number of rotatable bonds is 1. The zero-order chi connectivity index (χ0) is 4.28. The first-order valence-corrected chi connectivity index (χ1v) is 1.11. The molecule has 0 unspecified atom stereocenters. The summed E-state index contributed by atoms with van der Waals surface area (Å²) < 4.78 is 0. The fourth-order valence-electron chi connectivity index (χ4n) is 0. The maximum absolute atomic E-state index is 9.14. The second-order valence-corrected chi connectivity index (χ2v) is 0.523. The van der Waals surface area contributed by atoms with Crippen LogP contribution in [-0.2, 0) is 24.3 Å². The molecule has 0 saturated heterocycles. The summed E-state index contributed by atoms with van der Waals surface area (Å²) in [6.07, 6.45) is 0.722. The minimum atomic E-state index is -1.23. The van der Waals surface area contributed by atoms with Gasteiger partial charge in [0.05, 0.1) is 5.97 Å². The van der Waals surface area contributed by atoms with Crippen LogP contribution in [0.4, 0.5) is 0 Å². The maximum Gasteiger partial charge on any atom is 2.00 e. The molecule has 0 amide bonds. The summed E-state index contributed by atoms with van der Waals surface area (Å²) in [6.45, 7) is 2.90. The van der Waals surface area contributed by atoms with Crippen LogP contribution in [0.15, 0.2) is 12.7 Å². The van der Waals surface area contributed by atoms with Gasteiger partial charge in [0.25, 0.3) is 0 Å². The quantitative estimate of drug-likeness (QED) is 0.284. The van der Waals surface area contributed by atoms with E-state index >= 15 is 0 Å². The molecule has 0 N–H and O–H groups in total. The van der Waals surface area contributed by atoms with E-state index in [1.54, 1.807) is 0 Å². The zero-order valence-corrected chi connectivity index (χ0v) is 7.28. The molecule has 0 heterocycles. The van der Waals surface area contributed by atoms with Crippen LogP contribution in [0.1, 0.15) is 0 Å². The van der Waals surface area contributed by atoms with Crippen LogP contribution in [0.3, 0.4) is 0 Å². The van der Waals surface area contributed by atoms with E-state index in [9.17, 15) is 0 Å². The molecule has 2 nitrogen and oxygen atoms in total. The van der Waals surface area contributed by atoms with Crippen molar-refractivity contribution < 1.29 is 29.4 Å². The molecule has 0 aromatic carbocycles. The van der Waals surface area contributed by atoms with E-state index < -0.39 is 5.97 Å². The van der Waals surface area contributed by atoms with E-state index in [-0.39, 0.29) is 26.9 Å². The second kappa shape index (κ2) is 9.27. The van der Waals surface area contributed by atoms with E-state index in [4.69, 9.17) is 9.90 Å². The molecule has 3 heteroatoms. The van der Waals surface area contributed by atoms with Crippen molar-refractivity contribution in [3.63, 3.8) is 0 Å². The smallest absolute Gasteiger partial charge is 0.545 e. The summed E-state index contributed by atoms with van der Waals surface area (Å²) in [6, 6.07) is 0. The molecule has 0 fully saturated rings. The molecule has 0 spiro atoms.